The number of sulfone groups is 1. The van der Waals surface area contributed by atoms with Gasteiger partial charge < -0.3 is 36.2 Å². The third-order valence-corrected chi connectivity index (χ3v) is 7.07. The van der Waals surface area contributed by atoms with Gasteiger partial charge in [0.2, 0.25) is 17.7 Å². The lowest BCUT2D eigenvalue weighted by atomic mass is 10.1. The minimum absolute atomic E-state index is 0.0784. The Hall–Kier alpha value is -4.99. The van der Waals surface area contributed by atoms with Crippen LogP contribution in [0, 0.1) is 0 Å². The molecule has 0 aliphatic carbocycles. The maximum Gasteiger partial charge on any atom is 0.408 e. The van der Waals surface area contributed by atoms with Crippen molar-refractivity contribution in [2.45, 2.75) is 84.2 Å². The molecule has 1 aromatic carbocycles. The third kappa shape index (κ3) is 17.6. The number of carboxylic acids is 2. The number of amides is 4. The van der Waals surface area contributed by atoms with E-state index in [1.807, 2.05) is 0 Å². The van der Waals surface area contributed by atoms with E-state index in [0.717, 1.165) is 17.7 Å². The molecule has 4 atom stereocenters. The van der Waals surface area contributed by atoms with Crippen molar-refractivity contribution < 1.29 is 52.1 Å². The largest absolute Gasteiger partial charge is 0.481 e. The number of allylic oxidation sites excluding steroid dienone is 2. The molecule has 0 aromatic heterocycles. The highest BCUT2D eigenvalue weighted by Gasteiger charge is 2.30. The molecule has 0 aliphatic heterocycles. The minimum atomic E-state index is -3.66. The van der Waals surface area contributed by atoms with Crippen LogP contribution in [-0.2, 0) is 45.2 Å². The van der Waals surface area contributed by atoms with Gasteiger partial charge in [0.1, 0.15) is 24.7 Å². The molecule has 0 fully saturated rings. The molecular formula is C32H44N4O11S. The number of carboxylic acid groups (broad SMARTS) is 2. The molecule has 4 amide bonds. The predicted octanol–water partition coefficient (Wildman–Crippen LogP) is 1.96. The van der Waals surface area contributed by atoms with Crippen molar-refractivity contribution in [2.75, 3.05) is 6.26 Å². The number of hydrogen-bond donors (Lipinski definition) is 6. The fourth-order valence-corrected chi connectivity index (χ4v) is 4.39. The first-order chi connectivity index (χ1) is 22.4. The zero-order chi connectivity index (χ0) is 36.4. The van der Waals surface area contributed by atoms with E-state index in [9.17, 15) is 47.4 Å². The van der Waals surface area contributed by atoms with Gasteiger partial charge in [-0.2, -0.15) is 0 Å². The summed E-state index contributed by atoms with van der Waals surface area (Å²) in [5.41, 5.74) is 1.97. The second kappa shape index (κ2) is 20.3. The molecule has 0 aliphatic rings. The van der Waals surface area contributed by atoms with E-state index in [1.54, 1.807) is 58.0 Å². The second-order valence-corrected chi connectivity index (χ2v) is 13.1. The fraction of sp³-hybridized carbons (Fsp3) is 0.438. The average Bonchev–Trinajstić information content (AvgIpc) is 2.99. The van der Waals surface area contributed by atoms with Crippen molar-refractivity contribution >= 4 is 45.6 Å². The molecule has 0 saturated heterocycles. The number of nitrogens with one attached hydrogen (secondary N) is 4. The SMILES string of the molecule is CC/C(C)=C/C(NC(=O)C(CCC(=O)O)NC(=O)[C@H](C=C(C)C)NC(=O)OCc1ccccc1)C(=O)N[C@H](/C=C/S(C)(=O)=O)CC(=O)O. The van der Waals surface area contributed by atoms with Gasteiger partial charge in [0.15, 0.2) is 9.84 Å². The van der Waals surface area contributed by atoms with E-state index in [2.05, 4.69) is 21.3 Å². The van der Waals surface area contributed by atoms with Crippen molar-refractivity contribution in [1.29, 1.82) is 0 Å². The lowest BCUT2D eigenvalue weighted by molar-refractivity contribution is -0.139. The van der Waals surface area contributed by atoms with Crippen LogP contribution in [0.2, 0.25) is 0 Å². The second-order valence-electron chi connectivity index (χ2n) is 11.1. The molecule has 264 valence electrons. The first kappa shape index (κ1) is 41.0. The number of ether oxygens (including phenoxy) is 1. The predicted molar refractivity (Wildman–Crippen MR) is 176 cm³/mol. The van der Waals surface area contributed by atoms with Gasteiger partial charge in [0, 0.05) is 18.1 Å². The van der Waals surface area contributed by atoms with Crippen molar-refractivity contribution in [3.8, 4) is 0 Å². The summed E-state index contributed by atoms with van der Waals surface area (Å²) in [5.74, 6) is -5.31. The normalized spacial score (nSPS) is 14.1. The summed E-state index contributed by atoms with van der Waals surface area (Å²) >= 11 is 0. The highest BCUT2D eigenvalue weighted by molar-refractivity contribution is 7.93. The Morgan fingerprint density at radius 2 is 1.44 bits per heavy atom. The molecule has 0 heterocycles. The molecule has 48 heavy (non-hydrogen) atoms. The fourth-order valence-electron chi connectivity index (χ4n) is 3.91. The van der Waals surface area contributed by atoms with Gasteiger partial charge in [0.25, 0.3) is 0 Å². The van der Waals surface area contributed by atoms with Gasteiger partial charge in [-0.1, -0.05) is 66.6 Å². The van der Waals surface area contributed by atoms with Gasteiger partial charge in [-0.25, -0.2) is 13.2 Å². The summed E-state index contributed by atoms with van der Waals surface area (Å²) < 4.78 is 28.4. The Balaban J connectivity index is 3.25. The van der Waals surface area contributed by atoms with E-state index >= 15 is 0 Å². The lowest BCUT2D eigenvalue weighted by Gasteiger charge is -2.24. The summed E-state index contributed by atoms with van der Waals surface area (Å²) in [6, 6.07) is 3.29. The highest BCUT2D eigenvalue weighted by Crippen LogP contribution is 2.08. The number of benzene rings is 1. The van der Waals surface area contributed by atoms with Crippen molar-refractivity contribution in [3.05, 3.63) is 70.7 Å². The maximum atomic E-state index is 13.5. The number of alkyl carbamates (subject to hydrolysis) is 1. The quantitative estimate of drug-likeness (QED) is 0.115. The van der Waals surface area contributed by atoms with Crippen LogP contribution in [0.1, 0.15) is 58.9 Å². The van der Waals surface area contributed by atoms with Gasteiger partial charge in [-0.3, -0.25) is 24.0 Å². The molecule has 15 nitrogen and oxygen atoms in total. The lowest BCUT2D eigenvalue weighted by Crippen LogP contribution is -2.56. The summed E-state index contributed by atoms with van der Waals surface area (Å²) in [5, 5.41) is 29.0. The highest BCUT2D eigenvalue weighted by atomic mass is 32.2. The zero-order valence-electron chi connectivity index (χ0n) is 27.5. The Morgan fingerprint density at radius 3 is 1.98 bits per heavy atom. The van der Waals surface area contributed by atoms with Crippen molar-refractivity contribution in [2.24, 2.45) is 0 Å². The van der Waals surface area contributed by atoms with Gasteiger partial charge >= 0.3 is 18.0 Å². The van der Waals surface area contributed by atoms with Crippen LogP contribution in [0.5, 0.6) is 0 Å². The van der Waals surface area contributed by atoms with E-state index in [-0.39, 0.29) is 6.61 Å². The summed E-state index contributed by atoms with van der Waals surface area (Å²) in [4.78, 5) is 75.4. The molecule has 0 saturated carbocycles. The average molecular weight is 693 g/mol. The molecular weight excluding hydrogens is 648 g/mol. The minimum Gasteiger partial charge on any atom is -0.481 e. The summed E-state index contributed by atoms with van der Waals surface area (Å²) in [6.45, 7) is 6.70. The number of carbonyl (C=O) groups is 6. The molecule has 1 aromatic rings. The van der Waals surface area contributed by atoms with Gasteiger partial charge in [0.05, 0.1) is 12.5 Å². The Morgan fingerprint density at radius 1 is 0.833 bits per heavy atom. The standard InChI is InChI=1S/C32H44N4O11S/c1-6-21(4)17-26(30(42)33-23(18-28(39)40)14-15-48(5,45)46)35-29(41)24(12-13-27(37)38)34-31(43)25(16-20(2)3)36-32(44)47-19-22-10-8-7-9-11-22/h7-11,14-17,23-26H,6,12-13,18-19H2,1-5H3,(H,33,42)(H,34,43)(H,35,41)(H,36,44)(H,37,38)(H,39,40)/b15-14+,21-17+/t23-,24?,25+,26?/m1/s1. The Bertz CT molecular complexity index is 1500. The molecule has 0 spiro atoms. The number of carbonyl (C=O) groups excluding carboxylic acids is 4. The van der Waals surface area contributed by atoms with Crippen LogP contribution in [-0.4, -0.2) is 84.8 Å². The van der Waals surface area contributed by atoms with E-state index in [0.29, 0.717) is 23.1 Å². The zero-order valence-corrected chi connectivity index (χ0v) is 28.3. The molecule has 16 heteroatoms. The topological polar surface area (TPSA) is 234 Å². The first-order valence-corrected chi connectivity index (χ1v) is 16.9. The van der Waals surface area contributed by atoms with Crippen molar-refractivity contribution in [1.82, 2.24) is 21.3 Å². The van der Waals surface area contributed by atoms with Crippen LogP contribution >= 0.6 is 0 Å². The smallest absolute Gasteiger partial charge is 0.408 e. The molecule has 6 N–H and O–H groups in total. The Kier molecular flexibility index (Phi) is 17.3. The number of aliphatic carboxylic acids is 2. The van der Waals surface area contributed by atoms with Crippen LogP contribution in [0.4, 0.5) is 4.79 Å². The van der Waals surface area contributed by atoms with E-state index in [4.69, 9.17) is 4.74 Å². The van der Waals surface area contributed by atoms with Crippen LogP contribution in [0.15, 0.2) is 65.1 Å². The molecule has 0 radical (unpaired) electrons. The van der Waals surface area contributed by atoms with Gasteiger partial charge in [-0.15, -0.1) is 0 Å². The van der Waals surface area contributed by atoms with E-state index in [1.165, 1.54) is 12.2 Å². The van der Waals surface area contributed by atoms with E-state index < -0.39 is 89.0 Å². The van der Waals surface area contributed by atoms with Crippen LogP contribution in [0.3, 0.4) is 0 Å². The first-order valence-electron chi connectivity index (χ1n) is 14.9. The van der Waals surface area contributed by atoms with Crippen LogP contribution in [0.25, 0.3) is 0 Å². The molecule has 1 rings (SSSR count). The Labute approximate surface area is 279 Å². The maximum absolute atomic E-state index is 13.5. The molecule has 0 bridgehead atoms. The monoisotopic (exact) mass is 692 g/mol. The van der Waals surface area contributed by atoms with Gasteiger partial charge in [-0.05, 0) is 39.2 Å². The van der Waals surface area contributed by atoms with Crippen molar-refractivity contribution in [3.63, 3.8) is 0 Å². The summed E-state index contributed by atoms with van der Waals surface area (Å²) in [6.07, 6.45) is 2.59. The molecule has 2 unspecified atom stereocenters. The van der Waals surface area contributed by atoms with Crippen LogP contribution < -0.4 is 21.3 Å². The number of hydrogen-bond acceptors (Lipinski definition) is 9. The summed E-state index contributed by atoms with van der Waals surface area (Å²) in [7, 11) is -3.66. The third-order valence-electron chi connectivity index (χ3n) is 6.42. The number of rotatable bonds is 19.